The van der Waals surface area contributed by atoms with Crippen molar-refractivity contribution in [2.75, 3.05) is 0 Å². The molecule has 0 spiro atoms. The first-order valence-electron chi connectivity index (χ1n) is 7.30. The molecule has 0 N–H and O–H groups in total. The molecule has 1 fully saturated rings. The molecule has 20 heavy (non-hydrogen) atoms. The predicted octanol–water partition coefficient (Wildman–Crippen LogP) is 3.45. The molecule has 0 saturated heterocycles. The molecular weight excluding hydrogens is 252 g/mol. The van der Waals surface area contributed by atoms with E-state index in [2.05, 4.69) is 6.58 Å². The molecule has 0 heterocycles. The standard InChI is InChI=1S/C17H24O3/c1-11-8-6-7-9-12(2)15(19)17(20-13(3)18)14(11)10-16(17,4)5/h7,9,12,14H,1,6,8,10H2,2-5H3/b9-7+/t12-,14-,17-/m1/s1. The fraction of sp³-hybridized carbons (Fsp3) is 0.647. The molecule has 0 aromatic carbocycles. The average molecular weight is 276 g/mol. The molecule has 0 aromatic heterocycles. The van der Waals surface area contributed by atoms with Crippen molar-refractivity contribution in [1.82, 2.24) is 0 Å². The van der Waals surface area contributed by atoms with Gasteiger partial charge in [0, 0.05) is 24.2 Å². The van der Waals surface area contributed by atoms with Gasteiger partial charge in [0.2, 0.25) is 0 Å². The van der Waals surface area contributed by atoms with Gasteiger partial charge in [0.05, 0.1) is 0 Å². The van der Waals surface area contributed by atoms with Crippen LogP contribution in [0.25, 0.3) is 0 Å². The van der Waals surface area contributed by atoms with E-state index >= 15 is 0 Å². The number of Topliss-reactive ketones (excluding diaryl/α,β-unsaturated/α-hetero) is 1. The summed E-state index contributed by atoms with van der Waals surface area (Å²) in [5, 5.41) is 0. The molecule has 1 saturated carbocycles. The van der Waals surface area contributed by atoms with Crippen LogP contribution in [0.1, 0.15) is 47.0 Å². The topological polar surface area (TPSA) is 43.4 Å². The lowest BCUT2D eigenvalue weighted by atomic mass is 9.47. The van der Waals surface area contributed by atoms with Gasteiger partial charge >= 0.3 is 5.97 Å². The zero-order valence-corrected chi connectivity index (χ0v) is 12.9. The number of carbonyl (C=O) groups is 2. The summed E-state index contributed by atoms with van der Waals surface area (Å²) in [6.45, 7) is 11.4. The molecule has 0 aliphatic heterocycles. The SMILES string of the molecule is C=C1CC/C=C/[C@@H](C)C(=O)[C@]2(OC(C)=O)[C@@H]1CC2(C)C. The van der Waals surface area contributed by atoms with E-state index in [1.807, 2.05) is 32.9 Å². The number of rotatable bonds is 1. The van der Waals surface area contributed by atoms with E-state index in [0.29, 0.717) is 0 Å². The van der Waals surface area contributed by atoms with Gasteiger partial charge in [-0.3, -0.25) is 9.59 Å². The number of allylic oxidation sites excluding steroid dienone is 2. The van der Waals surface area contributed by atoms with Gasteiger partial charge < -0.3 is 4.74 Å². The Morgan fingerprint density at radius 3 is 2.65 bits per heavy atom. The largest absolute Gasteiger partial charge is 0.450 e. The smallest absolute Gasteiger partial charge is 0.303 e. The molecule has 0 unspecified atom stereocenters. The van der Waals surface area contributed by atoms with Gasteiger partial charge in [-0.15, -0.1) is 0 Å². The highest BCUT2D eigenvalue weighted by atomic mass is 16.6. The Labute approximate surface area is 121 Å². The minimum absolute atomic E-state index is 0.00764. The van der Waals surface area contributed by atoms with E-state index in [0.717, 1.165) is 24.8 Å². The van der Waals surface area contributed by atoms with Crippen LogP contribution >= 0.6 is 0 Å². The Hall–Kier alpha value is -1.38. The minimum Gasteiger partial charge on any atom is -0.450 e. The summed E-state index contributed by atoms with van der Waals surface area (Å²) in [4.78, 5) is 24.6. The van der Waals surface area contributed by atoms with Crippen LogP contribution in [0.3, 0.4) is 0 Å². The summed E-state index contributed by atoms with van der Waals surface area (Å²) in [7, 11) is 0. The molecule has 2 aliphatic rings. The van der Waals surface area contributed by atoms with Crippen molar-refractivity contribution in [2.24, 2.45) is 17.3 Å². The molecule has 0 aromatic rings. The second-order valence-electron chi connectivity index (χ2n) is 6.75. The van der Waals surface area contributed by atoms with Crippen LogP contribution in [0.2, 0.25) is 0 Å². The van der Waals surface area contributed by atoms with Crippen molar-refractivity contribution in [3.63, 3.8) is 0 Å². The first-order valence-corrected chi connectivity index (χ1v) is 7.30. The lowest BCUT2D eigenvalue weighted by molar-refractivity contribution is -0.220. The highest BCUT2D eigenvalue weighted by molar-refractivity contribution is 5.95. The van der Waals surface area contributed by atoms with Crippen molar-refractivity contribution in [1.29, 1.82) is 0 Å². The molecule has 2 rings (SSSR count). The van der Waals surface area contributed by atoms with Gasteiger partial charge in [-0.1, -0.05) is 45.1 Å². The number of carbonyl (C=O) groups excluding carboxylic acids is 2. The van der Waals surface area contributed by atoms with Gasteiger partial charge in [0.25, 0.3) is 0 Å². The maximum Gasteiger partial charge on any atom is 0.303 e. The van der Waals surface area contributed by atoms with Crippen LogP contribution < -0.4 is 0 Å². The minimum atomic E-state index is -1.04. The highest BCUT2D eigenvalue weighted by Gasteiger charge is 2.68. The summed E-state index contributed by atoms with van der Waals surface area (Å²) in [6.07, 6.45) is 6.55. The van der Waals surface area contributed by atoms with Gasteiger partial charge in [-0.25, -0.2) is 0 Å². The highest BCUT2D eigenvalue weighted by Crippen LogP contribution is 2.60. The Balaban J connectivity index is 2.52. The third-order valence-electron chi connectivity index (χ3n) is 4.84. The van der Waals surface area contributed by atoms with Crippen molar-refractivity contribution in [3.8, 4) is 0 Å². The molecule has 2 aliphatic carbocycles. The maximum atomic E-state index is 13.0. The zero-order chi connectivity index (χ0) is 15.1. The number of fused-ring (bicyclic) bond motifs is 1. The Morgan fingerprint density at radius 1 is 1.45 bits per heavy atom. The first kappa shape index (κ1) is 15.0. The van der Waals surface area contributed by atoms with Gasteiger partial charge in [0.15, 0.2) is 11.4 Å². The second kappa shape index (κ2) is 4.87. The summed E-state index contributed by atoms with van der Waals surface area (Å²) >= 11 is 0. The van der Waals surface area contributed by atoms with Crippen LogP contribution in [0, 0.1) is 17.3 Å². The molecule has 3 heteroatoms. The van der Waals surface area contributed by atoms with Crippen LogP contribution in [0.4, 0.5) is 0 Å². The van der Waals surface area contributed by atoms with E-state index in [9.17, 15) is 9.59 Å². The third kappa shape index (κ3) is 2.04. The fourth-order valence-corrected chi connectivity index (χ4v) is 3.74. The Morgan fingerprint density at radius 2 is 2.10 bits per heavy atom. The van der Waals surface area contributed by atoms with E-state index in [1.54, 1.807) is 0 Å². The average Bonchev–Trinajstić information content (AvgIpc) is 2.38. The van der Waals surface area contributed by atoms with Crippen LogP contribution in [-0.2, 0) is 14.3 Å². The summed E-state index contributed by atoms with van der Waals surface area (Å²) in [5.41, 5.74) is -0.350. The molecule has 3 atom stereocenters. The third-order valence-corrected chi connectivity index (χ3v) is 4.84. The van der Waals surface area contributed by atoms with Gasteiger partial charge in [-0.2, -0.15) is 0 Å². The van der Waals surface area contributed by atoms with Gasteiger partial charge in [0.1, 0.15) is 0 Å². The summed E-state index contributed by atoms with van der Waals surface area (Å²) in [5.74, 6) is -0.661. The normalized spacial score (nSPS) is 37.8. The number of ketones is 1. The van der Waals surface area contributed by atoms with Crippen LogP contribution in [-0.4, -0.2) is 17.4 Å². The van der Waals surface area contributed by atoms with Crippen LogP contribution in [0.15, 0.2) is 24.3 Å². The van der Waals surface area contributed by atoms with E-state index < -0.39 is 5.60 Å². The molecule has 3 nitrogen and oxygen atoms in total. The number of ether oxygens (including phenoxy) is 1. The van der Waals surface area contributed by atoms with E-state index in [1.165, 1.54) is 6.92 Å². The first-order chi connectivity index (χ1) is 9.22. The van der Waals surface area contributed by atoms with Crippen molar-refractivity contribution in [2.45, 2.75) is 52.6 Å². The number of hydrogen-bond acceptors (Lipinski definition) is 3. The van der Waals surface area contributed by atoms with Crippen molar-refractivity contribution >= 4 is 11.8 Å². The monoisotopic (exact) mass is 276 g/mol. The molecule has 0 bridgehead atoms. The maximum absolute atomic E-state index is 13.0. The van der Waals surface area contributed by atoms with E-state index in [4.69, 9.17) is 4.74 Å². The summed E-state index contributed by atoms with van der Waals surface area (Å²) in [6, 6.07) is 0. The van der Waals surface area contributed by atoms with Crippen LogP contribution in [0.5, 0.6) is 0 Å². The Bertz CT molecular complexity index is 486. The second-order valence-corrected chi connectivity index (χ2v) is 6.75. The molecular formula is C17H24O3. The van der Waals surface area contributed by atoms with E-state index in [-0.39, 0.29) is 29.0 Å². The van der Waals surface area contributed by atoms with Crippen molar-refractivity contribution < 1.29 is 14.3 Å². The molecule has 0 radical (unpaired) electrons. The fourth-order valence-electron chi connectivity index (χ4n) is 3.74. The lowest BCUT2D eigenvalue weighted by Gasteiger charge is -2.60. The Kier molecular flexibility index (Phi) is 3.66. The lowest BCUT2D eigenvalue weighted by Crippen LogP contribution is -2.69. The number of hydrogen-bond donors (Lipinski definition) is 0. The summed E-state index contributed by atoms with van der Waals surface area (Å²) < 4.78 is 5.65. The van der Waals surface area contributed by atoms with Gasteiger partial charge in [-0.05, 0) is 19.3 Å². The zero-order valence-electron chi connectivity index (χ0n) is 12.9. The number of esters is 1. The quantitative estimate of drug-likeness (QED) is 0.544. The van der Waals surface area contributed by atoms with Crippen molar-refractivity contribution in [3.05, 3.63) is 24.3 Å². The molecule has 0 amide bonds. The molecule has 110 valence electrons. The predicted molar refractivity (Wildman–Crippen MR) is 78.1 cm³/mol.